The Morgan fingerprint density at radius 2 is 1.45 bits per heavy atom. The Morgan fingerprint density at radius 1 is 0.800 bits per heavy atom. The molecule has 4 aliphatic rings. The number of amides is 7. The first kappa shape index (κ1) is 46.8. The van der Waals surface area contributed by atoms with Crippen molar-refractivity contribution in [1.82, 2.24) is 35.2 Å². The number of cyclic esters (lactones) is 1. The number of hydrogen-bond donors (Lipinski definition) is 4. The molecule has 7 amide bonds. The number of nitrogens with one attached hydrogen (secondary N) is 4. The van der Waals surface area contributed by atoms with Gasteiger partial charge in [0.2, 0.25) is 29.5 Å². The van der Waals surface area contributed by atoms with E-state index in [2.05, 4.69) is 40.3 Å². The molecule has 4 aliphatic heterocycles. The maximum Gasteiger partial charge on any atom is 0.328 e. The van der Waals surface area contributed by atoms with Gasteiger partial charge in [-0.2, -0.15) is 0 Å². The van der Waals surface area contributed by atoms with Crippen LogP contribution in [0.3, 0.4) is 0 Å². The molecule has 5 heterocycles. The molecule has 4 unspecified atom stereocenters. The van der Waals surface area contributed by atoms with Crippen LogP contribution in [0.4, 0.5) is 10.5 Å². The average Bonchev–Trinajstić information content (AvgIpc) is 4.04. The van der Waals surface area contributed by atoms with E-state index in [0.29, 0.717) is 51.0 Å². The van der Waals surface area contributed by atoms with Gasteiger partial charge >= 0.3 is 12.0 Å². The Morgan fingerprint density at radius 3 is 2.13 bits per heavy atom. The third kappa shape index (κ3) is 12.5. The Balaban J connectivity index is 0.000000238. The Labute approximate surface area is 352 Å². The van der Waals surface area contributed by atoms with Crippen molar-refractivity contribution in [3.8, 4) is 0 Å². The van der Waals surface area contributed by atoms with Crippen LogP contribution in [0.15, 0.2) is 60.8 Å². The normalized spacial score (nSPS) is 21.9. The van der Waals surface area contributed by atoms with Gasteiger partial charge in [0, 0.05) is 51.1 Å². The number of fused-ring (bicyclic) bond motifs is 4. The van der Waals surface area contributed by atoms with E-state index < -0.39 is 36.2 Å². The minimum atomic E-state index is -0.813. The number of nitrogens with zero attached hydrogens (tertiary/aromatic N) is 4. The van der Waals surface area contributed by atoms with Crippen LogP contribution in [0.5, 0.6) is 0 Å². The van der Waals surface area contributed by atoms with Crippen LogP contribution in [0.2, 0.25) is 0 Å². The van der Waals surface area contributed by atoms with Gasteiger partial charge in [0.15, 0.2) is 0 Å². The number of carbonyl (C=O) groups excluding carboxylic acids is 7. The second kappa shape index (κ2) is 23.0. The van der Waals surface area contributed by atoms with Crippen LogP contribution < -0.4 is 21.3 Å². The minimum Gasteiger partial charge on any atom is -0.464 e. The first-order valence-corrected chi connectivity index (χ1v) is 21.1. The highest BCUT2D eigenvalue weighted by Gasteiger charge is 2.43. The summed E-state index contributed by atoms with van der Waals surface area (Å²) in [6, 6.07) is 14.7. The monoisotopic (exact) mass is 830 g/mol. The number of likely N-dealkylation sites (N-methyl/N-ethyl adjacent to an activating group) is 1. The smallest absolute Gasteiger partial charge is 0.328 e. The number of esters is 1. The summed E-state index contributed by atoms with van der Waals surface area (Å²) in [5.41, 5.74) is 3.04. The van der Waals surface area contributed by atoms with Gasteiger partial charge in [0.1, 0.15) is 30.8 Å². The SMILES string of the molecule is CC.CC1NC(=O)C2CCCCN2C(=O)C2CCCN2C(=O)CCOC(=O)C2CCCN2C1=O.CNC(=O)CNC(=O)Nc1ccc2ccn(C)c2c1.Cc1ccccc1. The zero-order valence-electron chi connectivity index (χ0n) is 35.8. The highest BCUT2D eigenvalue weighted by atomic mass is 16.5. The van der Waals surface area contributed by atoms with Crippen molar-refractivity contribution < 1.29 is 38.3 Å². The molecule has 4 atom stereocenters. The highest BCUT2D eigenvalue weighted by molar-refractivity contribution is 5.96. The summed E-state index contributed by atoms with van der Waals surface area (Å²) < 4.78 is 7.31. The molecule has 0 aliphatic carbocycles. The number of ether oxygens (including phenoxy) is 1. The maximum atomic E-state index is 13.4. The largest absolute Gasteiger partial charge is 0.464 e. The second-order valence-electron chi connectivity index (χ2n) is 15.0. The summed E-state index contributed by atoms with van der Waals surface area (Å²) in [5.74, 6) is -1.91. The van der Waals surface area contributed by atoms with Crippen LogP contribution >= 0.6 is 0 Å². The lowest BCUT2D eigenvalue weighted by Gasteiger charge is -2.38. The van der Waals surface area contributed by atoms with E-state index >= 15 is 0 Å². The number of hydrogen-bond acceptors (Lipinski definition) is 8. The maximum absolute atomic E-state index is 13.4. The van der Waals surface area contributed by atoms with Gasteiger partial charge in [0.25, 0.3) is 0 Å². The van der Waals surface area contributed by atoms with Crippen molar-refractivity contribution in [2.75, 3.05) is 45.2 Å². The van der Waals surface area contributed by atoms with Crippen molar-refractivity contribution in [1.29, 1.82) is 0 Å². The molecule has 0 radical (unpaired) electrons. The number of aromatic nitrogens is 1. The lowest BCUT2D eigenvalue weighted by atomic mass is 9.99. The Hall–Kier alpha value is -5.93. The topological polar surface area (TPSA) is 191 Å². The molecule has 16 heteroatoms. The summed E-state index contributed by atoms with van der Waals surface area (Å²) in [5, 5.41) is 11.5. The quantitative estimate of drug-likeness (QED) is 0.286. The number of anilines is 1. The van der Waals surface area contributed by atoms with Gasteiger partial charge in [-0.15, -0.1) is 0 Å². The molecular formula is C44H62N8O8. The van der Waals surface area contributed by atoms with Gasteiger partial charge in [-0.05, 0) is 82.4 Å². The molecule has 1 aromatic heterocycles. The lowest BCUT2D eigenvalue weighted by Crippen LogP contribution is -2.59. The highest BCUT2D eigenvalue weighted by Crippen LogP contribution is 2.26. The first-order valence-electron chi connectivity index (χ1n) is 21.1. The lowest BCUT2D eigenvalue weighted by molar-refractivity contribution is -0.156. The molecule has 60 heavy (non-hydrogen) atoms. The summed E-state index contributed by atoms with van der Waals surface area (Å²) >= 11 is 0. The predicted molar refractivity (Wildman–Crippen MR) is 229 cm³/mol. The Bertz CT molecular complexity index is 1950. The van der Waals surface area contributed by atoms with Crippen LogP contribution in [-0.4, -0.2) is 125 Å². The molecule has 16 nitrogen and oxygen atoms in total. The fraction of sp³-hybridized carbons (Fsp3) is 0.523. The van der Waals surface area contributed by atoms with Crippen LogP contribution in [-0.2, 0) is 40.6 Å². The van der Waals surface area contributed by atoms with Crippen LogP contribution in [0.25, 0.3) is 10.9 Å². The number of aryl methyl sites for hydroxylation is 2. The third-order valence-electron chi connectivity index (χ3n) is 10.8. The summed E-state index contributed by atoms with van der Waals surface area (Å²) in [6.45, 7) is 8.93. The van der Waals surface area contributed by atoms with E-state index in [1.807, 2.05) is 74.1 Å². The molecule has 3 aromatic rings. The molecule has 4 N–H and O–H groups in total. The molecule has 4 saturated heterocycles. The first-order chi connectivity index (χ1) is 28.9. The number of benzene rings is 2. The fourth-order valence-electron chi connectivity index (χ4n) is 7.65. The summed E-state index contributed by atoms with van der Waals surface area (Å²) in [4.78, 5) is 92.1. The van der Waals surface area contributed by atoms with E-state index in [1.54, 1.807) is 16.7 Å². The predicted octanol–water partition coefficient (Wildman–Crippen LogP) is 3.87. The van der Waals surface area contributed by atoms with E-state index in [-0.39, 0.29) is 49.1 Å². The van der Waals surface area contributed by atoms with Gasteiger partial charge in [-0.25, -0.2) is 9.59 Å². The van der Waals surface area contributed by atoms with Gasteiger partial charge < -0.3 is 45.3 Å². The Kier molecular flexibility index (Phi) is 17.9. The zero-order valence-corrected chi connectivity index (χ0v) is 35.8. The number of carbonyl (C=O) groups is 7. The number of rotatable bonds is 3. The molecular weight excluding hydrogens is 769 g/mol. The standard InChI is InChI=1S/C22H32N4O6.C13H16N4O2.C7H8.C2H6/c1-14-20(29)26-12-5-8-17(26)22(31)32-13-9-18(27)24-11-4-7-16(24)21(30)25-10-3-2-6-15(25)19(28)23-14;1-14-12(18)8-15-13(19)16-10-4-3-9-5-6-17(2)11(9)7-10;1-7-5-3-2-4-6-7;1-2/h14-17H,2-13H2,1H3,(H,23,28);3-7H,8H2,1-2H3,(H,14,18)(H2,15,16,19);2-6H,1H3;1-2H3. The van der Waals surface area contributed by atoms with E-state index in [9.17, 15) is 33.6 Å². The van der Waals surface area contributed by atoms with Crippen molar-refractivity contribution in [2.24, 2.45) is 7.05 Å². The fourth-order valence-corrected chi connectivity index (χ4v) is 7.65. The van der Waals surface area contributed by atoms with Gasteiger partial charge in [-0.3, -0.25) is 24.0 Å². The van der Waals surface area contributed by atoms with Gasteiger partial charge in [-0.1, -0.05) is 55.8 Å². The third-order valence-corrected chi connectivity index (χ3v) is 10.8. The molecule has 7 rings (SSSR count). The van der Waals surface area contributed by atoms with Crippen molar-refractivity contribution in [3.05, 3.63) is 66.4 Å². The van der Waals surface area contributed by atoms with E-state index in [0.717, 1.165) is 30.2 Å². The van der Waals surface area contributed by atoms with Crippen LogP contribution in [0.1, 0.15) is 77.7 Å². The second-order valence-corrected chi connectivity index (χ2v) is 15.0. The van der Waals surface area contributed by atoms with Gasteiger partial charge in [0.05, 0.1) is 13.0 Å². The molecule has 2 aromatic carbocycles. The molecule has 0 saturated carbocycles. The van der Waals surface area contributed by atoms with Crippen molar-refractivity contribution in [3.63, 3.8) is 0 Å². The van der Waals surface area contributed by atoms with Crippen molar-refractivity contribution >= 4 is 58.1 Å². The molecule has 0 bridgehead atoms. The van der Waals surface area contributed by atoms with Crippen molar-refractivity contribution in [2.45, 2.75) is 103 Å². The number of urea groups is 1. The molecule has 326 valence electrons. The zero-order chi connectivity index (χ0) is 43.8. The summed E-state index contributed by atoms with van der Waals surface area (Å²) in [7, 11) is 3.46. The average molecular weight is 831 g/mol. The van der Waals surface area contributed by atoms with Crippen LogP contribution in [0, 0.1) is 6.92 Å². The van der Waals surface area contributed by atoms with E-state index in [4.69, 9.17) is 4.74 Å². The summed E-state index contributed by atoms with van der Waals surface area (Å²) in [6.07, 6.45) is 6.54. The molecule has 4 fully saturated rings. The minimum absolute atomic E-state index is 0.00347. The van der Waals surface area contributed by atoms with E-state index in [1.165, 1.54) is 17.5 Å². The number of piperidine rings is 1. The molecule has 0 spiro atoms.